The minimum Gasteiger partial charge on any atom is -0.790 e. The van der Waals surface area contributed by atoms with Crippen LogP contribution >= 0.6 is 23.5 Å². The first-order valence-electron chi connectivity index (χ1n) is 7.10. The molecule has 0 aliphatic carbocycles. The number of aliphatic hydroxyl groups excluding tert-OH is 1. The third-order valence-corrected chi connectivity index (χ3v) is 6.93. The fourth-order valence-corrected chi connectivity index (χ4v) is 5.13. The second-order valence-corrected chi connectivity index (χ2v) is 9.61. The summed E-state index contributed by atoms with van der Waals surface area (Å²) in [6, 6.07) is 5.90. The summed E-state index contributed by atoms with van der Waals surface area (Å²) in [5.74, 6) is -0.0528. The number of phosphoric ester groups is 1. The average Bonchev–Trinajstić information content (AvgIpc) is 2.83. The largest absolute Gasteiger partial charge is 1.00 e. The van der Waals surface area contributed by atoms with Crippen LogP contribution in [-0.4, -0.2) is 29.0 Å². The molecule has 1 fully saturated rings. The molecule has 5 atom stereocenters. The zero-order valence-corrected chi connectivity index (χ0v) is 27.9. The van der Waals surface area contributed by atoms with Gasteiger partial charge in [-0.15, -0.1) is 0 Å². The van der Waals surface area contributed by atoms with Gasteiger partial charge in [0.25, 0.3) is 15.6 Å². The molecule has 1 aromatic carbocycles. The fraction of sp³-hybridized carbons (Fsp3) is 0.455. The Morgan fingerprint density at radius 3 is 2.10 bits per heavy atom. The van der Waals surface area contributed by atoms with Crippen LogP contribution in [0.3, 0.4) is 0 Å². The first-order valence-corrected chi connectivity index (χ1v) is 11.5. The summed E-state index contributed by atoms with van der Waals surface area (Å²) in [4.78, 5) is 43.0. The Morgan fingerprint density at radius 1 is 1.00 bits per heavy atom. The van der Waals surface area contributed by atoms with Gasteiger partial charge in [0.1, 0.15) is 11.9 Å². The van der Waals surface area contributed by atoms with Crippen molar-refractivity contribution in [2.24, 2.45) is 0 Å². The van der Waals surface area contributed by atoms with Crippen molar-refractivity contribution in [1.82, 2.24) is 0 Å². The molecule has 1 aliphatic rings. The molecule has 1 aromatic rings. The van der Waals surface area contributed by atoms with Crippen molar-refractivity contribution in [2.45, 2.75) is 24.7 Å². The Hall–Kier alpha value is 3.35. The molecule has 0 amide bonds. The number of aliphatic hydroxyl groups is 1. The number of benzene rings is 1. The van der Waals surface area contributed by atoms with Crippen molar-refractivity contribution in [3.8, 4) is 5.75 Å². The second kappa shape index (κ2) is 16.2. The average molecular weight is 538 g/mol. The molecule has 20 heteroatoms. The SMILES string of the molecule is O=P([O-])([O-])OP(=O)([O-])OP(=O)([O-])OC[C@H]1O[C@@H](c2cccc(O)c2)C[C@@H]1O.[Na+].[Na+].[Na+].[Na+]. The number of ether oxygens (including phenoxy) is 1. The molecule has 2 unspecified atom stereocenters. The number of phosphoric acid groups is 3. The van der Waals surface area contributed by atoms with Gasteiger partial charge in [-0.1, -0.05) is 12.1 Å². The maximum Gasteiger partial charge on any atom is 1.00 e. The van der Waals surface area contributed by atoms with Gasteiger partial charge >= 0.3 is 118 Å². The van der Waals surface area contributed by atoms with Gasteiger partial charge in [0, 0.05) is 6.42 Å². The van der Waals surface area contributed by atoms with Gasteiger partial charge in [-0.3, -0.25) is 13.4 Å². The van der Waals surface area contributed by atoms with E-state index in [1.165, 1.54) is 18.2 Å². The summed E-state index contributed by atoms with van der Waals surface area (Å²) in [5.41, 5.74) is 0.497. The smallest absolute Gasteiger partial charge is 0.790 e. The van der Waals surface area contributed by atoms with Crippen molar-refractivity contribution < 1.29 is 180 Å². The van der Waals surface area contributed by atoms with Crippen LogP contribution in [0.4, 0.5) is 0 Å². The van der Waals surface area contributed by atoms with E-state index < -0.39 is 48.4 Å². The Balaban J connectivity index is -0.00000196. The van der Waals surface area contributed by atoms with Crippen LogP contribution in [0.1, 0.15) is 18.1 Å². The van der Waals surface area contributed by atoms with Gasteiger partial charge in [-0.05, 0) is 17.7 Å². The third-order valence-electron chi connectivity index (χ3n) is 3.26. The molecule has 2 N–H and O–H groups in total. The van der Waals surface area contributed by atoms with Gasteiger partial charge in [-0.25, -0.2) is 4.31 Å². The van der Waals surface area contributed by atoms with Gasteiger partial charge in [0.05, 0.1) is 26.6 Å². The predicted octanol–water partition coefficient (Wildman–Crippen LogP) is -13.6. The molecule has 0 bridgehead atoms. The van der Waals surface area contributed by atoms with E-state index in [2.05, 4.69) is 13.1 Å². The molecule has 1 saturated heterocycles. The Morgan fingerprint density at radius 2 is 1.58 bits per heavy atom. The van der Waals surface area contributed by atoms with Crippen molar-refractivity contribution in [3.05, 3.63) is 29.8 Å². The van der Waals surface area contributed by atoms with Crippen LogP contribution in [-0.2, 0) is 31.6 Å². The van der Waals surface area contributed by atoms with E-state index in [4.69, 9.17) is 4.74 Å². The first-order chi connectivity index (χ1) is 12.3. The van der Waals surface area contributed by atoms with E-state index in [-0.39, 0.29) is 130 Å². The molecule has 154 valence electrons. The van der Waals surface area contributed by atoms with Crippen LogP contribution in [0.25, 0.3) is 0 Å². The number of rotatable bonds is 8. The van der Waals surface area contributed by atoms with Gasteiger partial charge < -0.3 is 43.6 Å². The first kappa shape index (κ1) is 38.9. The van der Waals surface area contributed by atoms with Crippen molar-refractivity contribution in [1.29, 1.82) is 0 Å². The maximum absolute atomic E-state index is 11.5. The Bertz CT molecular complexity index is 824. The summed E-state index contributed by atoms with van der Waals surface area (Å²) < 4.78 is 48.8. The van der Waals surface area contributed by atoms with Gasteiger partial charge in [0.2, 0.25) is 0 Å². The summed E-state index contributed by atoms with van der Waals surface area (Å²) in [7, 11) is -17.8. The molecule has 1 aliphatic heterocycles. The molecule has 0 aromatic heterocycles. The molecule has 31 heavy (non-hydrogen) atoms. The van der Waals surface area contributed by atoms with E-state index in [0.29, 0.717) is 5.56 Å². The zero-order chi connectivity index (χ0) is 20.5. The van der Waals surface area contributed by atoms with E-state index in [0.717, 1.165) is 0 Å². The number of hydrogen-bond donors (Lipinski definition) is 2. The van der Waals surface area contributed by atoms with E-state index in [1.807, 2.05) is 0 Å². The fourth-order valence-electron chi connectivity index (χ4n) is 2.27. The van der Waals surface area contributed by atoms with E-state index >= 15 is 0 Å². The summed E-state index contributed by atoms with van der Waals surface area (Å²) >= 11 is 0. The molecule has 2 rings (SSSR count). The number of phenolic OH excluding ortho intramolecular Hbond substituents is 1. The monoisotopic (exact) mass is 538 g/mol. The quantitative estimate of drug-likeness (QED) is 0.232. The van der Waals surface area contributed by atoms with Crippen LogP contribution in [0.15, 0.2) is 24.3 Å². The molecule has 0 saturated carbocycles. The molecule has 0 spiro atoms. The molecular formula is C11H13Na4O13P3. The number of hydrogen-bond acceptors (Lipinski definition) is 13. The van der Waals surface area contributed by atoms with Crippen LogP contribution in [0, 0.1) is 0 Å². The standard InChI is InChI=1S/C11H17O13P3.4Na/c12-8-3-1-2-7(4-8)10-5-9(13)11(22-10)6-21-26(17,18)24-27(19,20)23-25(14,15)16;;;;/h1-4,9-13H,5-6H2,(H,17,18)(H,19,20)(H2,14,15,16);;;;/q;4*+1/p-4/t9-,10+,11+;;;;/m0..../s1. The van der Waals surface area contributed by atoms with Crippen LogP contribution < -0.4 is 138 Å². The molecule has 13 nitrogen and oxygen atoms in total. The van der Waals surface area contributed by atoms with Gasteiger partial charge in [-0.2, -0.15) is 0 Å². The topological polar surface area (TPSA) is 221 Å². The third kappa shape index (κ3) is 14.6. The molecular weight excluding hydrogens is 525 g/mol. The minimum atomic E-state index is -6.07. The molecule has 1 heterocycles. The van der Waals surface area contributed by atoms with Gasteiger partial charge in [0.15, 0.2) is 0 Å². The van der Waals surface area contributed by atoms with E-state index in [1.54, 1.807) is 6.07 Å². The van der Waals surface area contributed by atoms with Crippen molar-refractivity contribution in [3.63, 3.8) is 0 Å². The summed E-state index contributed by atoms with van der Waals surface area (Å²) in [6.07, 6.45) is -3.08. The Kier molecular flexibility index (Phi) is 20.4. The normalized spacial score (nSPS) is 24.2. The van der Waals surface area contributed by atoms with Crippen molar-refractivity contribution >= 4 is 23.5 Å². The predicted molar refractivity (Wildman–Crippen MR) is 77.3 cm³/mol. The summed E-state index contributed by atoms with van der Waals surface area (Å²) in [5, 5.41) is 19.3. The number of phenols is 1. The Labute approximate surface area is 266 Å². The number of aromatic hydroxyl groups is 1. The van der Waals surface area contributed by atoms with Crippen LogP contribution in [0.5, 0.6) is 5.75 Å². The maximum atomic E-state index is 11.5. The zero-order valence-electron chi connectivity index (χ0n) is 17.2. The summed E-state index contributed by atoms with van der Waals surface area (Å²) in [6.45, 7) is -0.871. The van der Waals surface area contributed by atoms with Crippen molar-refractivity contribution in [2.75, 3.05) is 6.61 Å². The second-order valence-electron chi connectivity index (χ2n) is 5.36. The van der Waals surface area contributed by atoms with E-state index in [9.17, 15) is 43.5 Å². The molecule has 0 radical (unpaired) electrons. The minimum absolute atomic E-state index is 0. The van der Waals surface area contributed by atoms with Crippen LogP contribution in [0.2, 0.25) is 0 Å².